The average molecular weight is 295 g/mol. The molecule has 0 radical (unpaired) electrons. The van der Waals surface area contributed by atoms with Gasteiger partial charge in [-0.3, -0.25) is 4.79 Å². The molecular formula is C19H21NO2. The van der Waals surface area contributed by atoms with Crippen molar-refractivity contribution in [3.8, 4) is 11.1 Å². The maximum Gasteiger partial charge on any atom is 0.253 e. The van der Waals surface area contributed by atoms with E-state index in [1.54, 1.807) is 0 Å². The van der Waals surface area contributed by atoms with Gasteiger partial charge in [0.2, 0.25) is 0 Å². The number of carbonyl (C=O) groups excluding carboxylic acids is 1. The van der Waals surface area contributed by atoms with E-state index in [2.05, 4.69) is 12.1 Å². The molecule has 1 aliphatic heterocycles. The predicted molar refractivity (Wildman–Crippen MR) is 87.6 cm³/mol. The second-order valence-corrected chi connectivity index (χ2v) is 5.89. The molecule has 1 fully saturated rings. The number of benzene rings is 2. The fraction of sp³-hybridized carbons (Fsp3) is 0.316. The number of carbonyl (C=O) groups is 1. The van der Waals surface area contributed by atoms with Gasteiger partial charge in [0.25, 0.3) is 5.91 Å². The Morgan fingerprint density at radius 1 is 1.05 bits per heavy atom. The van der Waals surface area contributed by atoms with Crippen LogP contribution in [0.4, 0.5) is 0 Å². The van der Waals surface area contributed by atoms with Crippen LogP contribution < -0.4 is 0 Å². The Hall–Kier alpha value is -2.13. The minimum Gasteiger partial charge on any atom is -0.396 e. The molecule has 1 amide bonds. The maximum absolute atomic E-state index is 12.6. The van der Waals surface area contributed by atoms with Crippen molar-refractivity contribution >= 4 is 5.91 Å². The van der Waals surface area contributed by atoms with Crippen LogP contribution in [0.5, 0.6) is 0 Å². The van der Waals surface area contributed by atoms with Crippen molar-refractivity contribution in [1.29, 1.82) is 0 Å². The normalized spacial score (nSPS) is 18.2. The first-order valence-corrected chi connectivity index (χ1v) is 7.83. The Morgan fingerprint density at radius 3 is 2.41 bits per heavy atom. The quantitative estimate of drug-likeness (QED) is 0.944. The molecule has 22 heavy (non-hydrogen) atoms. The van der Waals surface area contributed by atoms with Gasteiger partial charge in [-0.05, 0) is 42.0 Å². The van der Waals surface area contributed by atoms with Crippen LogP contribution in [0.1, 0.15) is 23.2 Å². The monoisotopic (exact) mass is 295 g/mol. The van der Waals surface area contributed by atoms with Crippen molar-refractivity contribution in [1.82, 2.24) is 4.90 Å². The Balaban J connectivity index is 1.74. The van der Waals surface area contributed by atoms with Crippen molar-refractivity contribution in [2.75, 3.05) is 19.7 Å². The third-order valence-electron chi connectivity index (χ3n) is 4.30. The van der Waals surface area contributed by atoms with Gasteiger partial charge in [0.1, 0.15) is 0 Å². The van der Waals surface area contributed by atoms with Gasteiger partial charge in [-0.25, -0.2) is 0 Å². The van der Waals surface area contributed by atoms with Crippen molar-refractivity contribution < 1.29 is 9.90 Å². The van der Waals surface area contributed by atoms with Crippen molar-refractivity contribution in [3.63, 3.8) is 0 Å². The summed E-state index contributed by atoms with van der Waals surface area (Å²) in [6.07, 6.45) is 1.98. The molecule has 3 rings (SSSR count). The first-order chi connectivity index (χ1) is 10.8. The van der Waals surface area contributed by atoms with E-state index in [0.29, 0.717) is 6.54 Å². The standard InChI is InChI=1S/C19H21NO2/c21-14-15-5-4-12-20(13-15)19(22)18-10-8-17(9-11-18)16-6-2-1-3-7-16/h1-3,6-11,15,21H,4-5,12-14H2. The van der Waals surface area contributed by atoms with Gasteiger partial charge in [0.15, 0.2) is 0 Å². The number of hydrogen-bond donors (Lipinski definition) is 1. The summed E-state index contributed by atoms with van der Waals surface area (Å²) in [5, 5.41) is 9.29. The lowest BCUT2D eigenvalue weighted by atomic mass is 9.98. The maximum atomic E-state index is 12.6. The number of rotatable bonds is 3. The molecular weight excluding hydrogens is 274 g/mol. The van der Waals surface area contributed by atoms with E-state index in [1.165, 1.54) is 0 Å². The lowest BCUT2D eigenvalue weighted by molar-refractivity contribution is 0.0621. The fourth-order valence-corrected chi connectivity index (χ4v) is 3.02. The van der Waals surface area contributed by atoms with E-state index in [4.69, 9.17) is 0 Å². The van der Waals surface area contributed by atoms with Crippen LogP contribution >= 0.6 is 0 Å². The van der Waals surface area contributed by atoms with Crippen LogP contribution in [0.2, 0.25) is 0 Å². The molecule has 1 saturated heterocycles. The molecule has 2 aromatic rings. The summed E-state index contributed by atoms with van der Waals surface area (Å²) in [5.41, 5.74) is 2.99. The molecule has 1 unspecified atom stereocenters. The largest absolute Gasteiger partial charge is 0.396 e. The summed E-state index contributed by atoms with van der Waals surface area (Å²) >= 11 is 0. The van der Waals surface area contributed by atoms with E-state index in [1.807, 2.05) is 47.4 Å². The summed E-state index contributed by atoms with van der Waals surface area (Å²) in [7, 11) is 0. The summed E-state index contributed by atoms with van der Waals surface area (Å²) in [6, 6.07) is 17.9. The fourth-order valence-electron chi connectivity index (χ4n) is 3.02. The van der Waals surface area contributed by atoms with Gasteiger partial charge >= 0.3 is 0 Å². The highest BCUT2D eigenvalue weighted by molar-refractivity contribution is 5.94. The Labute approximate surface area is 131 Å². The number of amides is 1. The number of likely N-dealkylation sites (tertiary alicyclic amines) is 1. The number of aliphatic hydroxyl groups excluding tert-OH is 1. The van der Waals surface area contributed by atoms with Gasteiger partial charge in [-0.1, -0.05) is 42.5 Å². The Kier molecular flexibility index (Phi) is 4.54. The lowest BCUT2D eigenvalue weighted by Crippen LogP contribution is -2.40. The van der Waals surface area contributed by atoms with Crippen molar-refractivity contribution in [3.05, 3.63) is 60.2 Å². The lowest BCUT2D eigenvalue weighted by Gasteiger charge is -2.32. The van der Waals surface area contributed by atoms with Crippen LogP contribution in [0.25, 0.3) is 11.1 Å². The molecule has 1 aliphatic rings. The number of nitrogens with zero attached hydrogens (tertiary/aromatic N) is 1. The zero-order chi connectivity index (χ0) is 15.4. The van der Waals surface area contributed by atoms with Gasteiger partial charge in [0, 0.05) is 25.3 Å². The Bertz CT molecular complexity index is 622. The van der Waals surface area contributed by atoms with E-state index in [0.717, 1.165) is 36.1 Å². The van der Waals surface area contributed by atoms with Gasteiger partial charge in [0.05, 0.1) is 0 Å². The van der Waals surface area contributed by atoms with E-state index in [-0.39, 0.29) is 18.4 Å². The summed E-state index contributed by atoms with van der Waals surface area (Å²) < 4.78 is 0. The first kappa shape index (κ1) is 14.8. The van der Waals surface area contributed by atoms with Crippen molar-refractivity contribution in [2.24, 2.45) is 5.92 Å². The molecule has 2 aromatic carbocycles. The molecule has 114 valence electrons. The SMILES string of the molecule is O=C(c1ccc(-c2ccccc2)cc1)N1CCCC(CO)C1. The molecule has 0 bridgehead atoms. The van der Waals surface area contributed by atoms with Gasteiger partial charge in [-0.2, -0.15) is 0 Å². The highest BCUT2D eigenvalue weighted by atomic mass is 16.3. The molecule has 3 heteroatoms. The van der Waals surface area contributed by atoms with Crippen LogP contribution in [0.3, 0.4) is 0 Å². The molecule has 0 aromatic heterocycles. The van der Waals surface area contributed by atoms with Crippen LogP contribution in [-0.2, 0) is 0 Å². The highest BCUT2D eigenvalue weighted by Gasteiger charge is 2.23. The number of piperidine rings is 1. The zero-order valence-electron chi connectivity index (χ0n) is 12.6. The molecule has 1 N–H and O–H groups in total. The Morgan fingerprint density at radius 2 is 1.73 bits per heavy atom. The zero-order valence-corrected chi connectivity index (χ0v) is 12.6. The molecule has 0 aliphatic carbocycles. The number of aliphatic hydroxyl groups is 1. The van der Waals surface area contributed by atoms with Crippen molar-refractivity contribution in [2.45, 2.75) is 12.8 Å². The van der Waals surface area contributed by atoms with Crippen LogP contribution in [-0.4, -0.2) is 35.6 Å². The predicted octanol–water partition coefficient (Wildman–Crippen LogP) is 3.20. The van der Waals surface area contributed by atoms with Gasteiger partial charge < -0.3 is 10.0 Å². The summed E-state index contributed by atoms with van der Waals surface area (Å²) in [5.74, 6) is 0.291. The average Bonchev–Trinajstić information content (AvgIpc) is 2.62. The second-order valence-electron chi connectivity index (χ2n) is 5.89. The smallest absolute Gasteiger partial charge is 0.253 e. The molecule has 3 nitrogen and oxygen atoms in total. The van der Waals surface area contributed by atoms with E-state index >= 15 is 0 Å². The molecule has 0 saturated carbocycles. The molecule has 1 atom stereocenters. The third kappa shape index (κ3) is 3.20. The summed E-state index contributed by atoms with van der Waals surface area (Å²) in [4.78, 5) is 14.4. The summed E-state index contributed by atoms with van der Waals surface area (Å²) in [6.45, 7) is 1.61. The third-order valence-corrected chi connectivity index (χ3v) is 4.30. The second kappa shape index (κ2) is 6.75. The van der Waals surface area contributed by atoms with Crippen LogP contribution in [0, 0.1) is 5.92 Å². The van der Waals surface area contributed by atoms with E-state index in [9.17, 15) is 9.90 Å². The minimum absolute atomic E-state index is 0.0674. The van der Waals surface area contributed by atoms with Gasteiger partial charge in [-0.15, -0.1) is 0 Å². The molecule has 1 heterocycles. The highest BCUT2D eigenvalue weighted by Crippen LogP contribution is 2.22. The first-order valence-electron chi connectivity index (χ1n) is 7.83. The molecule has 0 spiro atoms. The topological polar surface area (TPSA) is 40.5 Å². The minimum atomic E-state index is 0.0674. The van der Waals surface area contributed by atoms with Crippen LogP contribution in [0.15, 0.2) is 54.6 Å². The van der Waals surface area contributed by atoms with E-state index < -0.39 is 0 Å². The number of hydrogen-bond acceptors (Lipinski definition) is 2.